The highest BCUT2D eigenvalue weighted by Crippen LogP contribution is 2.31. The minimum atomic E-state index is -0.419. The maximum atomic E-state index is 11.9. The van der Waals surface area contributed by atoms with Crippen molar-refractivity contribution in [2.45, 2.75) is 31.8 Å². The van der Waals surface area contributed by atoms with E-state index in [1.807, 2.05) is 24.3 Å². The predicted molar refractivity (Wildman–Crippen MR) is 60.5 cm³/mol. The quantitative estimate of drug-likeness (QED) is 0.789. The van der Waals surface area contributed by atoms with E-state index in [4.69, 9.17) is 5.73 Å². The average Bonchev–Trinajstić information content (AvgIpc) is 2.83. The summed E-state index contributed by atoms with van der Waals surface area (Å²) in [5, 5.41) is 4.15. The molecule has 1 amide bonds. The molecule has 1 fully saturated rings. The normalized spacial score (nSPS) is 22.4. The van der Waals surface area contributed by atoms with Gasteiger partial charge in [0.2, 0.25) is 5.91 Å². The second-order valence-electron chi connectivity index (χ2n) is 4.43. The van der Waals surface area contributed by atoms with Crippen LogP contribution in [0.3, 0.4) is 0 Å². The fourth-order valence-corrected chi connectivity index (χ4v) is 2.25. The first kappa shape index (κ1) is 11.1. The molecule has 1 aliphatic rings. The van der Waals surface area contributed by atoms with Crippen LogP contribution in [0.4, 0.5) is 0 Å². The van der Waals surface area contributed by atoms with Crippen LogP contribution in [0.15, 0.2) is 12.4 Å². The first-order chi connectivity index (χ1) is 7.59. The third kappa shape index (κ3) is 1.95. The summed E-state index contributed by atoms with van der Waals surface area (Å²) in [5.74, 6) is 0.0337. The van der Waals surface area contributed by atoms with Crippen LogP contribution in [0.2, 0.25) is 0 Å². The number of nitrogens with two attached hydrogens (primary N) is 1. The molecule has 5 heteroatoms. The second-order valence-corrected chi connectivity index (χ2v) is 4.43. The summed E-state index contributed by atoms with van der Waals surface area (Å²) in [6, 6.07) is -0.260. The van der Waals surface area contributed by atoms with Gasteiger partial charge in [-0.05, 0) is 19.8 Å². The lowest BCUT2D eigenvalue weighted by Gasteiger charge is -2.25. The van der Waals surface area contributed by atoms with Crippen molar-refractivity contribution < 1.29 is 4.79 Å². The van der Waals surface area contributed by atoms with Gasteiger partial charge in [-0.25, -0.2) is 0 Å². The highest BCUT2D eigenvalue weighted by atomic mass is 16.2. The molecule has 1 unspecified atom stereocenters. The Labute approximate surface area is 95.2 Å². The van der Waals surface area contributed by atoms with Crippen LogP contribution >= 0.6 is 0 Å². The van der Waals surface area contributed by atoms with Gasteiger partial charge < -0.3 is 10.6 Å². The molecule has 0 aliphatic carbocycles. The van der Waals surface area contributed by atoms with E-state index in [2.05, 4.69) is 5.10 Å². The Morgan fingerprint density at radius 3 is 3.00 bits per heavy atom. The molecule has 0 aromatic carbocycles. The summed E-state index contributed by atoms with van der Waals surface area (Å²) >= 11 is 0. The van der Waals surface area contributed by atoms with E-state index in [1.165, 1.54) is 0 Å². The number of carbonyl (C=O) groups excluding carboxylic acids is 1. The number of hydrogen-bond donors (Lipinski definition) is 1. The maximum absolute atomic E-state index is 11.9. The molecular formula is C11H18N4O. The summed E-state index contributed by atoms with van der Waals surface area (Å²) in [5.41, 5.74) is 6.75. The number of carbonyl (C=O) groups is 1. The molecule has 0 spiro atoms. The van der Waals surface area contributed by atoms with E-state index in [9.17, 15) is 4.79 Å². The van der Waals surface area contributed by atoms with Gasteiger partial charge in [-0.1, -0.05) is 0 Å². The van der Waals surface area contributed by atoms with Crippen LogP contribution in [0.25, 0.3) is 0 Å². The van der Waals surface area contributed by atoms with Gasteiger partial charge in [0, 0.05) is 25.4 Å². The largest absolute Gasteiger partial charge is 0.334 e. The second kappa shape index (κ2) is 4.25. The zero-order valence-corrected chi connectivity index (χ0v) is 9.76. The monoisotopic (exact) mass is 222 g/mol. The van der Waals surface area contributed by atoms with E-state index in [-0.39, 0.29) is 11.9 Å². The van der Waals surface area contributed by atoms with Crippen molar-refractivity contribution in [1.29, 1.82) is 0 Å². The van der Waals surface area contributed by atoms with Gasteiger partial charge in [0.05, 0.1) is 18.3 Å². The molecule has 16 heavy (non-hydrogen) atoms. The summed E-state index contributed by atoms with van der Waals surface area (Å²) in [6.07, 6.45) is 5.84. The van der Waals surface area contributed by atoms with Gasteiger partial charge in [0.25, 0.3) is 0 Å². The molecular weight excluding hydrogens is 204 g/mol. The lowest BCUT2D eigenvalue weighted by Crippen LogP contribution is -2.41. The Morgan fingerprint density at radius 1 is 1.69 bits per heavy atom. The lowest BCUT2D eigenvalue weighted by atomic mass is 10.1. The molecule has 0 saturated carbocycles. The Bertz CT molecular complexity index is 385. The van der Waals surface area contributed by atoms with Crippen LogP contribution in [0, 0.1) is 0 Å². The van der Waals surface area contributed by atoms with Gasteiger partial charge in [0.15, 0.2) is 0 Å². The highest BCUT2D eigenvalue weighted by Gasteiger charge is 2.31. The molecule has 1 aromatic rings. The van der Waals surface area contributed by atoms with Gasteiger partial charge in [-0.2, -0.15) is 5.10 Å². The number of nitrogens with zero attached hydrogens (tertiary/aromatic N) is 3. The SMILES string of the molecule is C[C@H](N)C(=O)N1CCCC1c1cnn(C)c1. The van der Waals surface area contributed by atoms with E-state index in [1.54, 1.807) is 11.6 Å². The predicted octanol–water partition coefficient (Wildman–Crippen LogP) is 0.431. The van der Waals surface area contributed by atoms with Crippen LogP contribution in [0.1, 0.15) is 31.4 Å². The van der Waals surface area contributed by atoms with Gasteiger partial charge in [-0.15, -0.1) is 0 Å². The number of amides is 1. The van der Waals surface area contributed by atoms with Crippen LogP contribution in [-0.4, -0.2) is 33.2 Å². The molecule has 1 aromatic heterocycles. The summed E-state index contributed by atoms with van der Waals surface area (Å²) in [4.78, 5) is 13.8. The third-order valence-corrected chi connectivity index (χ3v) is 3.04. The number of rotatable bonds is 2. The molecule has 1 aliphatic heterocycles. The third-order valence-electron chi connectivity index (χ3n) is 3.04. The standard InChI is InChI=1S/C11H18N4O/c1-8(12)11(16)15-5-3-4-10(15)9-6-13-14(2)7-9/h6-8,10H,3-5,12H2,1-2H3/t8-,10?/m0/s1. The molecule has 2 rings (SSSR count). The van der Waals surface area contributed by atoms with Crippen molar-refractivity contribution in [3.63, 3.8) is 0 Å². The number of likely N-dealkylation sites (tertiary alicyclic amines) is 1. The fraction of sp³-hybridized carbons (Fsp3) is 0.636. The van der Waals surface area contributed by atoms with Crippen molar-refractivity contribution in [2.75, 3.05) is 6.54 Å². The molecule has 1 saturated heterocycles. The Balaban J connectivity index is 2.18. The molecule has 2 heterocycles. The van der Waals surface area contributed by atoms with Crippen LogP contribution < -0.4 is 5.73 Å². The number of hydrogen-bond acceptors (Lipinski definition) is 3. The number of aryl methyl sites for hydroxylation is 1. The van der Waals surface area contributed by atoms with Crippen molar-refractivity contribution >= 4 is 5.91 Å². The Hall–Kier alpha value is -1.36. The molecule has 2 atom stereocenters. The van der Waals surface area contributed by atoms with Crippen LogP contribution in [-0.2, 0) is 11.8 Å². The fourth-order valence-electron chi connectivity index (χ4n) is 2.25. The minimum Gasteiger partial charge on any atom is -0.334 e. The van der Waals surface area contributed by atoms with Crippen LogP contribution in [0.5, 0.6) is 0 Å². The topological polar surface area (TPSA) is 64.2 Å². The summed E-state index contributed by atoms with van der Waals surface area (Å²) < 4.78 is 1.77. The zero-order valence-electron chi connectivity index (χ0n) is 9.76. The van der Waals surface area contributed by atoms with Crippen molar-refractivity contribution in [1.82, 2.24) is 14.7 Å². The first-order valence-electron chi connectivity index (χ1n) is 5.64. The smallest absolute Gasteiger partial charge is 0.239 e. The molecule has 88 valence electrons. The maximum Gasteiger partial charge on any atom is 0.239 e. The summed E-state index contributed by atoms with van der Waals surface area (Å²) in [6.45, 7) is 2.54. The molecule has 0 bridgehead atoms. The Morgan fingerprint density at radius 2 is 2.44 bits per heavy atom. The molecule has 5 nitrogen and oxygen atoms in total. The number of aromatic nitrogens is 2. The average molecular weight is 222 g/mol. The zero-order chi connectivity index (χ0) is 11.7. The van der Waals surface area contributed by atoms with E-state index < -0.39 is 6.04 Å². The highest BCUT2D eigenvalue weighted by molar-refractivity contribution is 5.81. The van der Waals surface area contributed by atoms with Gasteiger partial charge >= 0.3 is 0 Å². The molecule has 0 radical (unpaired) electrons. The lowest BCUT2D eigenvalue weighted by molar-refractivity contribution is -0.133. The van der Waals surface area contributed by atoms with Crippen molar-refractivity contribution in [2.24, 2.45) is 12.8 Å². The first-order valence-corrected chi connectivity index (χ1v) is 5.64. The Kier molecular flexibility index (Phi) is 2.96. The van der Waals surface area contributed by atoms with Gasteiger partial charge in [0.1, 0.15) is 0 Å². The summed E-state index contributed by atoms with van der Waals surface area (Å²) in [7, 11) is 1.89. The van der Waals surface area contributed by atoms with Gasteiger partial charge in [-0.3, -0.25) is 9.48 Å². The van der Waals surface area contributed by atoms with Crippen molar-refractivity contribution in [3.8, 4) is 0 Å². The van der Waals surface area contributed by atoms with E-state index in [0.717, 1.165) is 24.9 Å². The van der Waals surface area contributed by atoms with E-state index in [0.29, 0.717) is 0 Å². The molecule has 2 N–H and O–H groups in total. The minimum absolute atomic E-state index is 0.0337. The van der Waals surface area contributed by atoms with E-state index >= 15 is 0 Å². The van der Waals surface area contributed by atoms with Crippen molar-refractivity contribution in [3.05, 3.63) is 18.0 Å².